The van der Waals surface area contributed by atoms with E-state index in [9.17, 15) is 0 Å². The van der Waals surface area contributed by atoms with Crippen LogP contribution in [0.4, 0.5) is 11.5 Å². The maximum atomic E-state index is 8.82. The fourth-order valence-corrected chi connectivity index (χ4v) is 3.97. The van der Waals surface area contributed by atoms with Gasteiger partial charge in [0.15, 0.2) is 0 Å². The Morgan fingerprint density at radius 1 is 1.19 bits per heavy atom. The number of nitrogens with two attached hydrogens (primary N) is 2. The summed E-state index contributed by atoms with van der Waals surface area (Å²) in [6.07, 6.45) is 10.2. The van der Waals surface area contributed by atoms with E-state index in [-0.39, 0.29) is 0 Å². The van der Waals surface area contributed by atoms with Crippen molar-refractivity contribution >= 4 is 29.0 Å². The van der Waals surface area contributed by atoms with Gasteiger partial charge in [-0.05, 0) is 42.7 Å². The number of benzene rings is 1. The monoisotopic (exact) mass is 429 g/mol. The molecule has 0 amide bonds. The zero-order valence-corrected chi connectivity index (χ0v) is 18.0. The van der Waals surface area contributed by atoms with Crippen molar-refractivity contribution in [2.75, 3.05) is 30.8 Å². The summed E-state index contributed by atoms with van der Waals surface area (Å²) in [5.74, 6) is 0.861. The second kappa shape index (κ2) is 9.42. The van der Waals surface area contributed by atoms with Crippen LogP contribution < -0.4 is 16.4 Å². The molecule has 0 radical (unpaired) electrons. The zero-order valence-electron chi connectivity index (χ0n) is 18.0. The molecule has 0 bridgehead atoms. The van der Waals surface area contributed by atoms with Crippen molar-refractivity contribution in [2.24, 2.45) is 10.7 Å². The second-order valence-electron chi connectivity index (χ2n) is 7.68. The van der Waals surface area contributed by atoms with E-state index in [0.717, 1.165) is 48.4 Å². The Morgan fingerprint density at radius 2 is 2.00 bits per heavy atom. The van der Waals surface area contributed by atoms with E-state index in [1.165, 1.54) is 6.20 Å². The zero-order chi connectivity index (χ0) is 22.5. The minimum Gasteiger partial charge on any atom is -0.404 e. The van der Waals surface area contributed by atoms with Crippen LogP contribution in [-0.4, -0.2) is 51.8 Å². The third kappa shape index (κ3) is 4.36. The lowest BCUT2D eigenvalue weighted by atomic mass is 9.96. The Balaban J connectivity index is 1.54. The quantitative estimate of drug-likeness (QED) is 0.407. The lowest BCUT2D eigenvalue weighted by molar-refractivity contribution is 0.365. The van der Waals surface area contributed by atoms with Gasteiger partial charge in [0, 0.05) is 61.1 Å². The number of nitrogens with one attached hydrogen (secondary N) is 1. The fourth-order valence-electron chi connectivity index (χ4n) is 3.97. The van der Waals surface area contributed by atoms with E-state index in [1.807, 2.05) is 28.9 Å². The number of nitrogens with zero attached hydrogens (tertiary/aromatic N) is 6. The summed E-state index contributed by atoms with van der Waals surface area (Å²) >= 11 is 0. The van der Waals surface area contributed by atoms with Crippen LogP contribution in [0, 0.1) is 5.41 Å². The van der Waals surface area contributed by atoms with Gasteiger partial charge in [0.2, 0.25) is 0 Å². The third-order valence-corrected chi connectivity index (χ3v) is 5.74. The summed E-state index contributed by atoms with van der Waals surface area (Å²) in [5, 5.41) is 13.1. The van der Waals surface area contributed by atoms with E-state index in [1.54, 1.807) is 38.2 Å². The molecule has 9 heteroatoms. The van der Waals surface area contributed by atoms with Gasteiger partial charge in [-0.3, -0.25) is 10.4 Å². The first-order valence-electron chi connectivity index (χ1n) is 10.5. The van der Waals surface area contributed by atoms with Crippen molar-refractivity contribution in [1.82, 2.24) is 19.7 Å². The van der Waals surface area contributed by atoms with Crippen LogP contribution in [0.1, 0.15) is 35.6 Å². The van der Waals surface area contributed by atoms with E-state index >= 15 is 0 Å². The van der Waals surface area contributed by atoms with Gasteiger partial charge in [-0.2, -0.15) is 5.10 Å². The largest absolute Gasteiger partial charge is 0.404 e. The van der Waals surface area contributed by atoms with Crippen LogP contribution in [0.2, 0.25) is 0 Å². The van der Waals surface area contributed by atoms with Gasteiger partial charge >= 0.3 is 0 Å². The molecule has 2 aromatic heterocycles. The summed E-state index contributed by atoms with van der Waals surface area (Å²) in [7, 11) is 1.69. The predicted octanol–water partition coefficient (Wildman–Crippen LogP) is 2.51. The smallest absolute Gasteiger partial charge is 0.137 e. The summed E-state index contributed by atoms with van der Waals surface area (Å²) < 4.78 is 1.93. The van der Waals surface area contributed by atoms with E-state index in [4.69, 9.17) is 16.9 Å². The van der Waals surface area contributed by atoms with Crippen molar-refractivity contribution in [2.45, 2.75) is 18.9 Å². The molecule has 164 valence electrons. The number of anilines is 2. The van der Waals surface area contributed by atoms with Gasteiger partial charge in [-0.15, -0.1) is 0 Å². The Bertz CT molecular complexity index is 1140. The van der Waals surface area contributed by atoms with Crippen molar-refractivity contribution in [3.05, 3.63) is 72.1 Å². The van der Waals surface area contributed by atoms with Crippen molar-refractivity contribution in [3.8, 4) is 0 Å². The van der Waals surface area contributed by atoms with Gasteiger partial charge in [0.25, 0.3) is 0 Å². The highest BCUT2D eigenvalue weighted by molar-refractivity contribution is 6.16. The van der Waals surface area contributed by atoms with Crippen molar-refractivity contribution < 1.29 is 0 Å². The number of pyridine rings is 1. The first kappa shape index (κ1) is 21.2. The molecular weight excluding hydrogens is 402 g/mol. The standard InChI is InChI=1S/C23H27N9/c1-27-13-18(12-24)16-2-3-21(25)20(10-16)23(26)17-4-7-29-22(11-17)31-8-5-19(6-9-31)32-15-28-14-30-32/h2-4,7,10-15,19,26H,5-6,8-9,24-25H2,1H3. The molecule has 1 saturated heterocycles. The molecule has 4 rings (SSSR count). The van der Waals surface area contributed by atoms with Crippen molar-refractivity contribution in [1.29, 1.82) is 5.41 Å². The highest BCUT2D eigenvalue weighted by Gasteiger charge is 2.22. The number of hydrogen-bond donors (Lipinski definition) is 3. The van der Waals surface area contributed by atoms with Crippen LogP contribution in [0.15, 0.2) is 60.4 Å². The molecule has 9 nitrogen and oxygen atoms in total. The Morgan fingerprint density at radius 3 is 2.69 bits per heavy atom. The number of nitrogen functional groups attached to an aromatic ring is 1. The Kier molecular flexibility index (Phi) is 6.25. The topological polar surface area (TPSA) is 135 Å². The summed E-state index contributed by atoms with van der Waals surface area (Å²) in [4.78, 5) is 14.9. The number of piperidine rings is 1. The molecule has 0 unspecified atom stereocenters. The minimum atomic E-state index is 0.343. The number of rotatable bonds is 6. The molecule has 1 aliphatic heterocycles. The fraction of sp³-hybridized carbons (Fsp3) is 0.261. The molecule has 0 aliphatic carbocycles. The molecule has 1 fully saturated rings. The first-order valence-corrected chi connectivity index (χ1v) is 10.5. The van der Waals surface area contributed by atoms with E-state index in [2.05, 4.69) is 25.0 Å². The average molecular weight is 430 g/mol. The lowest BCUT2D eigenvalue weighted by Crippen LogP contribution is -2.35. The Labute approximate surface area is 187 Å². The molecule has 0 spiro atoms. The van der Waals surface area contributed by atoms with Gasteiger partial charge in [0.1, 0.15) is 18.5 Å². The molecule has 0 atom stereocenters. The lowest BCUT2D eigenvalue weighted by Gasteiger charge is -2.32. The number of aliphatic imine (C=N–C) groups is 1. The second-order valence-corrected chi connectivity index (χ2v) is 7.68. The van der Waals surface area contributed by atoms with Crippen LogP contribution in [0.5, 0.6) is 0 Å². The highest BCUT2D eigenvalue weighted by atomic mass is 15.3. The third-order valence-electron chi connectivity index (χ3n) is 5.74. The van der Waals surface area contributed by atoms with Crippen molar-refractivity contribution in [3.63, 3.8) is 0 Å². The number of hydrogen-bond acceptors (Lipinski definition) is 8. The van der Waals surface area contributed by atoms with Gasteiger partial charge in [0.05, 0.1) is 11.8 Å². The van der Waals surface area contributed by atoms with Gasteiger partial charge < -0.3 is 16.4 Å². The number of aromatic nitrogens is 4. The van der Waals surface area contributed by atoms with Crippen LogP contribution in [0.25, 0.3) is 5.57 Å². The molecule has 3 aromatic rings. The van der Waals surface area contributed by atoms with E-state index in [0.29, 0.717) is 23.0 Å². The van der Waals surface area contributed by atoms with E-state index < -0.39 is 0 Å². The summed E-state index contributed by atoms with van der Waals surface area (Å²) in [6, 6.07) is 9.70. The minimum absolute atomic E-state index is 0.343. The van der Waals surface area contributed by atoms with Crippen LogP contribution in [-0.2, 0) is 0 Å². The molecule has 0 saturated carbocycles. The number of allylic oxidation sites excluding steroid dienone is 1. The molecule has 32 heavy (non-hydrogen) atoms. The molecule has 1 aliphatic rings. The normalized spacial score (nSPS) is 15.4. The van der Waals surface area contributed by atoms with Gasteiger partial charge in [-0.1, -0.05) is 6.07 Å². The van der Waals surface area contributed by atoms with Crippen LogP contribution >= 0.6 is 0 Å². The van der Waals surface area contributed by atoms with Gasteiger partial charge in [-0.25, -0.2) is 14.6 Å². The molecule has 3 heterocycles. The molecule has 5 N–H and O–H groups in total. The van der Waals surface area contributed by atoms with Crippen LogP contribution in [0.3, 0.4) is 0 Å². The predicted molar refractivity (Wildman–Crippen MR) is 128 cm³/mol. The highest BCUT2D eigenvalue weighted by Crippen LogP contribution is 2.27. The first-order chi connectivity index (χ1) is 15.6. The molecular formula is C23H27N9. The molecule has 1 aromatic carbocycles. The Hall–Kier alpha value is -4.01. The summed E-state index contributed by atoms with van der Waals surface area (Å²) in [5.41, 5.74) is 15.9. The summed E-state index contributed by atoms with van der Waals surface area (Å²) in [6.45, 7) is 1.74. The average Bonchev–Trinajstić information content (AvgIpc) is 3.38. The SMILES string of the molecule is CN=CC(=CN)c1ccc(N)c(C(=N)c2ccnc(N3CCC(n4cncn4)CC3)c2)c1. The maximum absolute atomic E-state index is 8.82. The maximum Gasteiger partial charge on any atom is 0.137 e.